The summed E-state index contributed by atoms with van der Waals surface area (Å²) in [5, 5.41) is 7.36. The van der Waals surface area contributed by atoms with Gasteiger partial charge in [-0.3, -0.25) is 14.6 Å². The van der Waals surface area contributed by atoms with Gasteiger partial charge in [0, 0.05) is 42.9 Å². The van der Waals surface area contributed by atoms with Gasteiger partial charge in [-0.15, -0.1) is 0 Å². The van der Waals surface area contributed by atoms with Crippen LogP contribution in [0.1, 0.15) is 23.5 Å². The third-order valence-electron chi connectivity index (χ3n) is 5.28. The molecule has 0 atom stereocenters. The summed E-state index contributed by atoms with van der Waals surface area (Å²) >= 11 is 0. The van der Waals surface area contributed by atoms with Crippen LogP contribution in [0.15, 0.2) is 102 Å². The van der Waals surface area contributed by atoms with Crippen LogP contribution in [0, 0.1) is 0 Å². The molecule has 0 fully saturated rings. The second-order valence-electron chi connectivity index (χ2n) is 7.44. The minimum Gasteiger partial charge on any atom is -0.354 e. The Labute approximate surface area is 186 Å². The number of rotatable bonds is 8. The van der Waals surface area contributed by atoms with E-state index in [-0.39, 0.29) is 17.4 Å². The Balaban J connectivity index is 1.41. The maximum Gasteiger partial charge on any atom is 0.266 e. The van der Waals surface area contributed by atoms with Gasteiger partial charge in [0.1, 0.15) is 0 Å². The number of aromatic nitrogens is 3. The van der Waals surface area contributed by atoms with Gasteiger partial charge in [0.25, 0.3) is 5.56 Å². The number of nitrogens with one attached hydrogen (secondary N) is 1. The van der Waals surface area contributed by atoms with Crippen LogP contribution in [-0.2, 0) is 11.3 Å². The summed E-state index contributed by atoms with van der Waals surface area (Å²) in [6.07, 6.45) is 3.69. The SMILES string of the molecule is O=C(CC(c1ccccc1)c1ccccc1)NCCn1nc(-c2ccncc2)ccc1=O. The van der Waals surface area contributed by atoms with Crippen LogP contribution in [0.5, 0.6) is 0 Å². The van der Waals surface area contributed by atoms with Crippen LogP contribution in [0.2, 0.25) is 0 Å². The number of amides is 1. The maximum atomic E-state index is 12.7. The quantitative estimate of drug-likeness (QED) is 0.468. The third-order valence-corrected chi connectivity index (χ3v) is 5.28. The molecule has 4 rings (SSSR count). The molecule has 0 unspecified atom stereocenters. The highest BCUT2D eigenvalue weighted by molar-refractivity contribution is 5.77. The van der Waals surface area contributed by atoms with E-state index in [2.05, 4.69) is 15.4 Å². The van der Waals surface area contributed by atoms with Crippen LogP contribution in [0.4, 0.5) is 0 Å². The Bertz CT molecular complexity index is 1170. The van der Waals surface area contributed by atoms with Crippen molar-refractivity contribution in [3.05, 3.63) is 119 Å². The molecule has 6 nitrogen and oxygen atoms in total. The minimum atomic E-state index is -0.205. The van der Waals surface area contributed by atoms with Crippen molar-refractivity contribution in [3.8, 4) is 11.3 Å². The van der Waals surface area contributed by atoms with Crippen molar-refractivity contribution in [2.24, 2.45) is 0 Å². The zero-order chi connectivity index (χ0) is 22.2. The first-order valence-corrected chi connectivity index (χ1v) is 10.6. The number of carbonyl (C=O) groups is 1. The average molecular weight is 425 g/mol. The van der Waals surface area contributed by atoms with Gasteiger partial charge in [-0.1, -0.05) is 60.7 Å². The van der Waals surface area contributed by atoms with E-state index in [1.807, 2.05) is 72.8 Å². The summed E-state index contributed by atoms with van der Waals surface area (Å²) in [5.41, 5.74) is 3.55. The number of nitrogens with zero attached hydrogens (tertiary/aromatic N) is 3. The van der Waals surface area contributed by atoms with Gasteiger partial charge in [0.15, 0.2) is 0 Å². The Kier molecular flexibility index (Phi) is 6.82. The van der Waals surface area contributed by atoms with Gasteiger partial charge < -0.3 is 5.32 Å². The Morgan fingerprint density at radius 3 is 2.09 bits per heavy atom. The van der Waals surface area contributed by atoms with Gasteiger partial charge in [0.05, 0.1) is 12.2 Å². The highest BCUT2D eigenvalue weighted by Gasteiger charge is 2.18. The van der Waals surface area contributed by atoms with Crippen molar-refractivity contribution >= 4 is 5.91 Å². The minimum absolute atomic E-state index is 0.0340. The lowest BCUT2D eigenvalue weighted by molar-refractivity contribution is -0.121. The van der Waals surface area contributed by atoms with E-state index in [9.17, 15) is 9.59 Å². The molecule has 1 amide bonds. The molecule has 2 aromatic heterocycles. The molecule has 1 N–H and O–H groups in total. The first-order valence-electron chi connectivity index (χ1n) is 10.6. The van der Waals surface area contributed by atoms with Crippen LogP contribution >= 0.6 is 0 Å². The fraction of sp³-hybridized carbons (Fsp3) is 0.154. The van der Waals surface area contributed by atoms with Crippen LogP contribution < -0.4 is 10.9 Å². The summed E-state index contributed by atoms with van der Waals surface area (Å²) in [4.78, 5) is 28.9. The molecule has 2 aromatic carbocycles. The molecule has 4 aromatic rings. The second-order valence-corrected chi connectivity index (χ2v) is 7.44. The number of pyridine rings is 1. The van der Waals surface area contributed by atoms with Crippen molar-refractivity contribution in [1.29, 1.82) is 0 Å². The number of hydrogen-bond acceptors (Lipinski definition) is 4. The van der Waals surface area contributed by atoms with E-state index in [4.69, 9.17) is 0 Å². The molecule has 0 bridgehead atoms. The first kappa shape index (κ1) is 21.2. The summed E-state index contributed by atoms with van der Waals surface area (Å²) in [5.74, 6) is -0.102. The number of carbonyl (C=O) groups excluding carboxylic acids is 1. The predicted molar refractivity (Wildman–Crippen MR) is 124 cm³/mol. The Morgan fingerprint density at radius 2 is 1.47 bits per heavy atom. The standard InChI is InChI=1S/C26H24N4O2/c31-25(19-23(20-7-3-1-4-8-20)21-9-5-2-6-10-21)28-17-18-30-26(32)12-11-24(29-30)22-13-15-27-16-14-22/h1-16,23H,17-19H2,(H,28,31). The molecule has 160 valence electrons. The van der Waals surface area contributed by atoms with Crippen LogP contribution in [-0.4, -0.2) is 27.2 Å². The lowest BCUT2D eigenvalue weighted by Gasteiger charge is -2.18. The zero-order valence-electron chi connectivity index (χ0n) is 17.6. The maximum absolute atomic E-state index is 12.7. The van der Waals surface area contributed by atoms with Crippen molar-refractivity contribution in [1.82, 2.24) is 20.1 Å². The smallest absolute Gasteiger partial charge is 0.266 e. The molecule has 0 aliphatic rings. The van der Waals surface area contributed by atoms with E-state index in [1.165, 1.54) is 10.7 Å². The molecule has 6 heteroatoms. The Hall–Kier alpha value is -4.06. The summed E-state index contributed by atoms with van der Waals surface area (Å²) in [6, 6.07) is 26.9. The van der Waals surface area contributed by atoms with E-state index in [0.29, 0.717) is 25.2 Å². The molecule has 0 spiro atoms. The highest BCUT2D eigenvalue weighted by atomic mass is 16.1. The average Bonchev–Trinajstić information content (AvgIpc) is 2.85. The number of hydrogen-bond donors (Lipinski definition) is 1. The molecule has 0 radical (unpaired) electrons. The Morgan fingerprint density at radius 1 is 0.844 bits per heavy atom. The molecule has 0 aliphatic carbocycles. The normalized spacial score (nSPS) is 10.8. The fourth-order valence-electron chi connectivity index (χ4n) is 3.64. The molecule has 0 saturated heterocycles. The monoisotopic (exact) mass is 424 g/mol. The van der Waals surface area contributed by atoms with E-state index < -0.39 is 0 Å². The van der Waals surface area contributed by atoms with Gasteiger partial charge in [0.2, 0.25) is 5.91 Å². The first-order chi connectivity index (χ1) is 15.7. The molecular weight excluding hydrogens is 400 g/mol. The van der Waals surface area contributed by atoms with Gasteiger partial charge in [-0.2, -0.15) is 5.10 Å². The van der Waals surface area contributed by atoms with Crippen molar-refractivity contribution < 1.29 is 4.79 Å². The van der Waals surface area contributed by atoms with Crippen molar-refractivity contribution in [2.75, 3.05) is 6.54 Å². The zero-order valence-corrected chi connectivity index (χ0v) is 17.6. The van der Waals surface area contributed by atoms with Crippen molar-refractivity contribution in [3.63, 3.8) is 0 Å². The van der Waals surface area contributed by atoms with E-state index in [1.54, 1.807) is 18.5 Å². The summed E-state index contributed by atoms with van der Waals surface area (Å²) in [7, 11) is 0. The van der Waals surface area contributed by atoms with E-state index in [0.717, 1.165) is 16.7 Å². The molecule has 0 aliphatic heterocycles. The second kappa shape index (κ2) is 10.3. The van der Waals surface area contributed by atoms with E-state index >= 15 is 0 Å². The molecule has 2 heterocycles. The van der Waals surface area contributed by atoms with Gasteiger partial charge in [-0.05, 0) is 29.3 Å². The van der Waals surface area contributed by atoms with Gasteiger partial charge >= 0.3 is 0 Å². The molecular formula is C26H24N4O2. The third kappa shape index (κ3) is 5.35. The summed E-state index contributed by atoms with van der Waals surface area (Å²) < 4.78 is 1.38. The van der Waals surface area contributed by atoms with Gasteiger partial charge in [-0.25, -0.2) is 4.68 Å². The molecule has 0 saturated carbocycles. The summed E-state index contributed by atoms with van der Waals surface area (Å²) in [6.45, 7) is 0.618. The predicted octanol–water partition coefficient (Wildman–Crippen LogP) is 3.64. The van der Waals surface area contributed by atoms with Crippen LogP contribution in [0.3, 0.4) is 0 Å². The van der Waals surface area contributed by atoms with Crippen molar-refractivity contribution in [2.45, 2.75) is 18.9 Å². The fourth-order valence-corrected chi connectivity index (χ4v) is 3.64. The number of benzene rings is 2. The topological polar surface area (TPSA) is 76.9 Å². The lowest BCUT2D eigenvalue weighted by Crippen LogP contribution is -2.32. The largest absolute Gasteiger partial charge is 0.354 e. The molecule has 32 heavy (non-hydrogen) atoms. The highest BCUT2D eigenvalue weighted by Crippen LogP contribution is 2.27. The lowest BCUT2D eigenvalue weighted by atomic mass is 9.88. The van der Waals surface area contributed by atoms with Crippen LogP contribution in [0.25, 0.3) is 11.3 Å².